The van der Waals surface area contributed by atoms with Gasteiger partial charge in [-0.15, -0.1) is 0 Å². The van der Waals surface area contributed by atoms with E-state index in [1.54, 1.807) is 25.3 Å². The monoisotopic (exact) mass is 389 g/mol. The topological polar surface area (TPSA) is 62.8 Å². The minimum Gasteiger partial charge on any atom is -0.497 e. The van der Waals surface area contributed by atoms with Crippen LogP contribution in [-0.2, 0) is 0 Å². The van der Waals surface area contributed by atoms with Gasteiger partial charge in [0.25, 0.3) is 5.91 Å². The lowest BCUT2D eigenvalue weighted by atomic mass is 10.1. The molecule has 0 aromatic heterocycles. The SMILES string of the molecule is COc1ccc(C(=O)Nc2cccc(C3=CN4C=CC(C)=CC4N3)c2)c(OC)c1. The molecule has 0 aliphatic carbocycles. The zero-order chi connectivity index (χ0) is 20.4. The summed E-state index contributed by atoms with van der Waals surface area (Å²) in [6, 6.07) is 12.9. The summed E-state index contributed by atoms with van der Waals surface area (Å²) < 4.78 is 10.5. The number of allylic oxidation sites excluding steroid dienone is 2. The Morgan fingerprint density at radius 2 is 2.00 bits per heavy atom. The molecule has 1 amide bonds. The number of hydrogen-bond donors (Lipinski definition) is 2. The van der Waals surface area contributed by atoms with Crippen molar-refractivity contribution in [1.29, 1.82) is 0 Å². The van der Waals surface area contributed by atoms with Crippen molar-refractivity contribution < 1.29 is 14.3 Å². The molecule has 2 aromatic rings. The smallest absolute Gasteiger partial charge is 0.259 e. The molecule has 6 nitrogen and oxygen atoms in total. The van der Waals surface area contributed by atoms with Crippen molar-refractivity contribution in [3.63, 3.8) is 0 Å². The largest absolute Gasteiger partial charge is 0.497 e. The van der Waals surface area contributed by atoms with E-state index in [1.807, 2.05) is 24.3 Å². The van der Waals surface area contributed by atoms with E-state index < -0.39 is 0 Å². The lowest BCUT2D eigenvalue weighted by molar-refractivity contribution is 0.102. The minimum absolute atomic E-state index is 0.122. The number of hydrogen-bond acceptors (Lipinski definition) is 5. The first-order valence-electron chi connectivity index (χ1n) is 9.33. The molecule has 2 heterocycles. The molecule has 0 saturated heterocycles. The summed E-state index contributed by atoms with van der Waals surface area (Å²) in [4.78, 5) is 14.9. The molecule has 4 rings (SSSR count). The Bertz CT molecular complexity index is 1040. The normalized spacial score (nSPS) is 17.1. The molecule has 2 aromatic carbocycles. The molecule has 6 heteroatoms. The Morgan fingerprint density at radius 3 is 2.79 bits per heavy atom. The molecule has 0 spiro atoms. The van der Waals surface area contributed by atoms with Crippen LogP contribution in [-0.4, -0.2) is 31.2 Å². The van der Waals surface area contributed by atoms with Crippen LogP contribution in [0.5, 0.6) is 11.5 Å². The molecule has 0 saturated carbocycles. The first kappa shape index (κ1) is 18.7. The quantitative estimate of drug-likeness (QED) is 0.811. The Kier molecular flexibility index (Phi) is 4.99. The van der Waals surface area contributed by atoms with Crippen molar-refractivity contribution in [3.8, 4) is 11.5 Å². The minimum atomic E-state index is -0.242. The standard InChI is InChI=1S/C23H23N3O3/c1-15-9-10-26-14-20(25-22(26)11-15)16-5-4-6-17(12-16)24-23(27)19-8-7-18(28-2)13-21(19)29-3/h4-14,22,25H,1-3H3,(H,24,27). The second-order valence-corrected chi connectivity index (χ2v) is 6.91. The number of carbonyl (C=O) groups excluding carboxylic acids is 1. The van der Waals surface area contributed by atoms with Crippen LogP contribution in [0.3, 0.4) is 0 Å². The second-order valence-electron chi connectivity index (χ2n) is 6.91. The summed E-state index contributed by atoms with van der Waals surface area (Å²) in [6.07, 6.45) is 8.50. The average Bonchev–Trinajstić information content (AvgIpc) is 3.16. The van der Waals surface area contributed by atoms with E-state index in [1.165, 1.54) is 12.7 Å². The third-order valence-electron chi connectivity index (χ3n) is 4.92. The van der Waals surface area contributed by atoms with E-state index in [0.29, 0.717) is 22.7 Å². The molecule has 0 fully saturated rings. The summed E-state index contributed by atoms with van der Waals surface area (Å²) in [7, 11) is 3.11. The molecule has 29 heavy (non-hydrogen) atoms. The zero-order valence-corrected chi connectivity index (χ0v) is 16.6. The van der Waals surface area contributed by atoms with Crippen molar-refractivity contribution in [1.82, 2.24) is 10.2 Å². The first-order chi connectivity index (χ1) is 14.1. The van der Waals surface area contributed by atoms with Crippen LogP contribution in [0.25, 0.3) is 5.70 Å². The average molecular weight is 389 g/mol. The summed E-state index contributed by atoms with van der Waals surface area (Å²) in [5.74, 6) is 0.854. The maximum Gasteiger partial charge on any atom is 0.259 e. The van der Waals surface area contributed by atoms with Crippen LogP contribution >= 0.6 is 0 Å². The Morgan fingerprint density at radius 1 is 1.14 bits per heavy atom. The number of nitrogens with one attached hydrogen (secondary N) is 2. The van der Waals surface area contributed by atoms with Crippen LogP contribution in [0.2, 0.25) is 0 Å². The lowest BCUT2D eigenvalue weighted by Crippen LogP contribution is -2.32. The van der Waals surface area contributed by atoms with Crippen molar-refractivity contribution in [2.45, 2.75) is 13.1 Å². The highest BCUT2D eigenvalue weighted by Crippen LogP contribution is 2.28. The molecular weight excluding hydrogens is 366 g/mol. The first-order valence-corrected chi connectivity index (χ1v) is 9.33. The fourth-order valence-corrected chi connectivity index (χ4v) is 3.38. The van der Waals surface area contributed by atoms with Gasteiger partial charge in [-0.3, -0.25) is 4.79 Å². The van der Waals surface area contributed by atoms with E-state index in [4.69, 9.17) is 9.47 Å². The number of methoxy groups -OCH3 is 2. The zero-order valence-electron chi connectivity index (χ0n) is 16.6. The highest BCUT2D eigenvalue weighted by Gasteiger charge is 2.23. The van der Waals surface area contributed by atoms with E-state index in [9.17, 15) is 4.79 Å². The molecule has 0 radical (unpaired) electrons. The summed E-state index contributed by atoms with van der Waals surface area (Å²) in [5, 5.41) is 6.45. The number of ether oxygens (including phenoxy) is 2. The van der Waals surface area contributed by atoms with Crippen molar-refractivity contribution in [2.24, 2.45) is 0 Å². The predicted octanol–water partition coefficient (Wildman–Crippen LogP) is 3.96. The Balaban J connectivity index is 1.53. The van der Waals surface area contributed by atoms with Crippen LogP contribution in [0.15, 0.2) is 72.6 Å². The molecule has 148 valence electrons. The van der Waals surface area contributed by atoms with E-state index in [2.05, 4.69) is 47.0 Å². The molecular formula is C23H23N3O3. The van der Waals surface area contributed by atoms with Gasteiger partial charge in [-0.1, -0.05) is 12.1 Å². The number of carbonyl (C=O) groups is 1. The molecule has 2 aliphatic rings. The van der Waals surface area contributed by atoms with Crippen LogP contribution in [0, 0.1) is 0 Å². The van der Waals surface area contributed by atoms with Gasteiger partial charge in [0.15, 0.2) is 0 Å². The number of anilines is 1. The third kappa shape index (κ3) is 3.82. The molecule has 1 atom stereocenters. The predicted molar refractivity (Wildman–Crippen MR) is 114 cm³/mol. The number of rotatable bonds is 5. The second kappa shape index (κ2) is 7.75. The number of amides is 1. The van der Waals surface area contributed by atoms with Gasteiger partial charge in [0.05, 0.1) is 25.5 Å². The van der Waals surface area contributed by atoms with Gasteiger partial charge in [-0.25, -0.2) is 0 Å². The number of fused-ring (bicyclic) bond motifs is 1. The van der Waals surface area contributed by atoms with Gasteiger partial charge in [0.1, 0.15) is 17.7 Å². The maximum atomic E-state index is 12.8. The third-order valence-corrected chi connectivity index (χ3v) is 4.92. The highest BCUT2D eigenvalue weighted by molar-refractivity contribution is 6.06. The van der Waals surface area contributed by atoms with Crippen molar-refractivity contribution in [3.05, 3.63) is 83.7 Å². The van der Waals surface area contributed by atoms with Crippen molar-refractivity contribution in [2.75, 3.05) is 19.5 Å². The highest BCUT2D eigenvalue weighted by atomic mass is 16.5. The lowest BCUT2D eigenvalue weighted by Gasteiger charge is -2.22. The van der Waals surface area contributed by atoms with Crippen LogP contribution in [0.1, 0.15) is 22.8 Å². The molecule has 2 aliphatic heterocycles. The summed E-state index contributed by atoms with van der Waals surface area (Å²) in [6.45, 7) is 2.08. The fourth-order valence-electron chi connectivity index (χ4n) is 3.38. The van der Waals surface area contributed by atoms with Crippen LogP contribution in [0.4, 0.5) is 5.69 Å². The van der Waals surface area contributed by atoms with Gasteiger partial charge in [0.2, 0.25) is 0 Å². The molecule has 1 unspecified atom stereocenters. The Hall–Kier alpha value is -3.67. The van der Waals surface area contributed by atoms with Gasteiger partial charge >= 0.3 is 0 Å². The van der Waals surface area contributed by atoms with Crippen molar-refractivity contribution >= 4 is 17.3 Å². The van der Waals surface area contributed by atoms with E-state index in [-0.39, 0.29) is 12.1 Å². The van der Waals surface area contributed by atoms with E-state index in [0.717, 1.165) is 11.3 Å². The maximum absolute atomic E-state index is 12.8. The molecule has 2 N–H and O–H groups in total. The van der Waals surface area contributed by atoms with Gasteiger partial charge in [0, 0.05) is 29.7 Å². The number of benzene rings is 2. The Labute approximate surface area is 170 Å². The summed E-state index contributed by atoms with van der Waals surface area (Å²) in [5.41, 5.74) is 4.38. The summed E-state index contributed by atoms with van der Waals surface area (Å²) >= 11 is 0. The fraction of sp³-hybridized carbons (Fsp3) is 0.174. The van der Waals surface area contributed by atoms with Gasteiger partial charge in [-0.2, -0.15) is 0 Å². The van der Waals surface area contributed by atoms with Gasteiger partial charge in [-0.05, 0) is 48.9 Å². The molecule has 0 bridgehead atoms. The number of nitrogens with zero attached hydrogens (tertiary/aromatic N) is 1. The van der Waals surface area contributed by atoms with E-state index >= 15 is 0 Å². The van der Waals surface area contributed by atoms with Gasteiger partial charge < -0.3 is 25.0 Å². The van der Waals surface area contributed by atoms with Crippen LogP contribution < -0.4 is 20.1 Å².